The van der Waals surface area contributed by atoms with Crippen LogP contribution in [0.4, 0.5) is 0 Å². The second kappa shape index (κ2) is 70.1. The van der Waals surface area contributed by atoms with Gasteiger partial charge in [-0.05, 0) is 51.4 Å². The quantitative estimate of drug-likeness (QED) is 0.0320. The predicted octanol–water partition coefficient (Wildman–Crippen LogP) is 23.9. The number of hydrogen-bond donors (Lipinski definition) is 3. The second-order valence-electron chi connectivity index (χ2n) is 25.6. The van der Waals surface area contributed by atoms with Crippen molar-refractivity contribution in [1.82, 2.24) is 5.32 Å². The Morgan fingerprint density at radius 2 is 0.588 bits per heavy atom. The van der Waals surface area contributed by atoms with E-state index in [-0.39, 0.29) is 18.5 Å². The number of allylic oxidation sites excluding steroid dienone is 2. The first-order chi connectivity index (χ1) is 39.5. The summed E-state index contributed by atoms with van der Waals surface area (Å²) < 4.78 is 5.51. The topological polar surface area (TPSA) is 95.9 Å². The third-order valence-corrected chi connectivity index (χ3v) is 17.6. The zero-order valence-electron chi connectivity index (χ0n) is 54.6. The number of nitrogens with one attached hydrogen (secondary N) is 1. The number of unbranched alkanes of at least 4 members (excludes halogenated alkanes) is 57. The highest BCUT2D eigenvalue weighted by molar-refractivity contribution is 5.76. The summed E-state index contributed by atoms with van der Waals surface area (Å²) in [5.41, 5.74) is 0. The van der Waals surface area contributed by atoms with Gasteiger partial charge in [0.05, 0.1) is 25.4 Å². The monoisotopic (exact) mass is 1130 g/mol. The van der Waals surface area contributed by atoms with Crippen molar-refractivity contribution in [3.8, 4) is 0 Å². The van der Waals surface area contributed by atoms with Crippen LogP contribution >= 0.6 is 0 Å². The first kappa shape index (κ1) is 78.6. The highest BCUT2D eigenvalue weighted by atomic mass is 16.5. The Bertz CT molecular complexity index is 1210. The third-order valence-electron chi connectivity index (χ3n) is 17.6. The molecule has 0 aliphatic heterocycles. The molecule has 0 aromatic carbocycles. The number of rotatable bonds is 70. The smallest absolute Gasteiger partial charge is 0.305 e. The van der Waals surface area contributed by atoms with Gasteiger partial charge in [0.2, 0.25) is 5.91 Å². The molecule has 0 spiro atoms. The molecule has 0 saturated carbocycles. The molecule has 0 aromatic heterocycles. The van der Waals surface area contributed by atoms with E-state index in [1.165, 1.54) is 353 Å². The van der Waals surface area contributed by atoms with E-state index < -0.39 is 12.1 Å². The lowest BCUT2D eigenvalue weighted by Crippen LogP contribution is -2.45. The highest BCUT2D eigenvalue weighted by Gasteiger charge is 2.20. The van der Waals surface area contributed by atoms with Crippen molar-refractivity contribution in [2.75, 3.05) is 13.2 Å². The van der Waals surface area contributed by atoms with Crippen molar-refractivity contribution in [1.29, 1.82) is 0 Å². The summed E-state index contributed by atoms with van der Waals surface area (Å²) in [4.78, 5) is 24.7. The number of carbonyl (C=O) groups is 2. The van der Waals surface area contributed by atoms with Crippen molar-refractivity contribution < 1.29 is 24.5 Å². The van der Waals surface area contributed by atoms with E-state index in [0.29, 0.717) is 25.9 Å². The maximum atomic E-state index is 12.5. The van der Waals surface area contributed by atoms with Crippen LogP contribution in [-0.2, 0) is 14.3 Å². The average Bonchev–Trinajstić information content (AvgIpc) is 3.46. The van der Waals surface area contributed by atoms with Crippen LogP contribution < -0.4 is 5.32 Å². The molecule has 0 aliphatic carbocycles. The fourth-order valence-electron chi connectivity index (χ4n) is 11.9. The molecule has 0 aromatic rings. The molecule has 0 radical (unpaired) electrons. The number of aliphatic hydroxyl groups excluding tert-OH is 2. The number of amides is 1. The van der Waals surface area contributed by atoms with Gasteiger partial charge < -0.3 is 20.3 Å². The van der Waals surface area contributed by atoms with Gasteiger partial charge in [-0.1, -0.05) is 373 Å². The summed E-state index contributed by atoms with van der Waals surface area (Å²) >= 11 is 0. The number of ether oxygens (including phenoxy) is 1. The molecule has 476 valence electrons. The molecular formula is C74H145NO5. The minimum absolute atomic E-state index is 0.0173. The summed E-state index contributed by atoms with van der Waals surface area (Å²) in [5.74, 6) is -0.0111. The first-order valence-electron chi connectivity index (χ1n) is 36.9. The maximum Gasteiger partial charge on any atom is 0.305 e. The minimum atomic E-state index is -0.663. The van der Waals surface area contributed by atoms with E-state index in [4.69, 9.17) is 4.74 Å². The van der Waals surface area contributed by atoms with E-state index in [1.807, 2.05) is 0 Å². The zero-order chi connectivity index (χ0) is 57.8. The molecule has 2 atom stereocenters. The van der Waals surface area contributed by atoms with Crippen LogP contribution in [0.5, 0.6) is 0 Å². The molecular weight excluding hydrogens is 983 g/mol. The fourth-order valence-corrected chi connectivity index (χ4v) is 11.9. The lowest BCUT2D eigenvalue weighted by molar-refractivity contribution is -0.143. The summed E-state index contributed by atoms with van der Waals surface area (Å²) in [6, 6.07) is -0.540. The average molecular weight is 1130 g/mol. The summed E-state index contributed by atoms with van der Waals surface area (Å²) in [5, 5.41) is 23.4. The lowest BCUT2D eigenvalue weighted by atomic mass is 10.0. The third kappa shape index (κ3) is 65.7. The summed E-state index contributed by atoms with van der Waals surface area (Å²) in [6.07, 6.45) is 87.0. The molecule has 0 bridgehead atoms. The number of hydrogen-bond acceptors (Lipinski definition) is 5. The molecule has 2 unspecified atom stereocenters. The van der Waals surface area contributed by atoms with Gasteiger partial charge in [0, 0.05) is 12.8 Å². The number of carbonyl (C=O) groups excluding carboxylic acids is 2. The zero-order valence-corrected chi connectivity index (χ0v) is 54.6. The Balaban J connectivity index is 3.34. The van der Waals surface area contributed by atoms with E-state index >= 15 is 0 Å². The Morgan fingerprint density at radius 3 is 0.887 bits per heavy atom. The van der Waals surface area contributed by atoms with E-state index in [9.17, 15) is 19.8 Å². The van der Waals surface area contributed by atoms with Crippen molar-refractivity contribution in [2.24, 2.45) is 0 Å². The molecule has 3 N–H and O–H groups in total. The van der Waals surface area contributed by atoms with Crippen molar-refractivity contribution in [3.05, 3.63) is 12.2 Å². The highest BCUT2D eigenvalue weighted by Crippen LogP contribution is 2.20. The Morgan fingerprint density at radius 1 is 0.338 bits per heavy atom. The normalized spacial score (nSPS) is 12.5. The molecule has 0 rings (SSSR count). The van der Waals surface area contributed by atoms with Crippen LogP contribution in [0, 0.1) is 0 Å². The molecule has 0 fully saturated rings. The van der Waals surface area contributed by atoms with Gasteiger partial charge in [-0.25, -0.2) is 0 Å². The van der Waals surface area contributed by atoms with Crippen LogP contribution in [0.1, 0.15) is 425 Å². The molecule has 0 heterocycles. The standard InChI is InChI=1S/C74H145NO5/c1-3-5-7-9-11-13-15-17-19-21-30-34-38-42-46-50-54-58-62-66-72(77)71(70-76)75-73(78)67-63-59-55-51-47-43-39-35-32-28-26-24-23-25-27-29-33-37-41-45-49-53-57-61-65-69-80-74(79)68-64-60-56-52-48-44-40-36-31-22-20-18-16-14-12-10-8-6-4-2/h18,20,71-72,76-77H,3-17,19,21-70H2,1-2H3,(H,75,78)/b20-18-. The van der Waals surface area contributed by atoms with Gasteiger partial charge in [0.15, 0.2) is 0 Å². The number of aliphatic hydroxyl groups is 2. The SMILES string of the molecule is CCCCCCCC/C=C\CCCCCCCCCCCC(=O)OCCCCCCCCCCCCCCCCCCCCCCCCCCCC(=O)NC(CO)C(O)CCCCCCCCCCCCCCCCCCCCC. The molecule has 1 amide bonds. The fraction of sp³-hybridized carbons (Fsp3) is 0.946. The Kier molecular flexibility index (Phi) is 68.9. The molecule has 6 heteroatoms. The Hall–Kier alpha value is -1.40. The molecule has 0 saturated heterocycles. The van der Waals surface area contributed by atoms with Crippen LogP contribution in [0.3, 0.4) is 0 Å². The summed E-state index contributed by atoms with van der Waals surface area (Å²) in [7, 11) is 0. The van der Waals surface area contributed by atoms with Crippen molar-refractivity contribution in [2.45, 2.75) is 437 Å². The first-order valence-corrected chi connectivity index (χ1v) is 36.9. The minimum Gasteiger partial charge on any atom is -0.466 e. The van der Waals surface area contributed by atoms with Crippen molar-refractivity contribution in [3.63, 3.8) is 0 Å². The largest absolute Gasteiger partial charge is 0.466 e. The van der Waals surface area contributed by atoms with Crippen LogP contribution in [0.2, 0.25) is 0 Å². The molecule has 6 nitrogen and oxygen atoms in total. The van der Waals surface area contributed by atoms with Crippen LogP contribution in [0.25, 0.3) is 0 Å². The summed E-state index contributed by atoms with van der Waals surface area (Å²) in [6.45, 7) is 5.00. The van der Waals surface area contributed by atoms with E-state index in [1.54, 1.807) is 0 Å². The van der Waals surface area contributed by atoms with Gasteiger partial charge in [-0.2, -0.15) is 0 Å². The number of esters is 1. The van der Waals surface area contributed by atoms with E-state index in [2.05, 4.69) is 31.3 Å². The van der Waals surface area contributed by atoms with Crippen LogP contribution in [-0.4, -0.2) is 47.4 Å². The predicted molar refractivity (Wildman–Crippen MR) is 352 cm³/mol. The van der Waals surface area contributed by atoms with Crippen molar-refractivity contribution >= 4 is 11.9 Å². The van der Waals surface area contributed by atoms with Gasteiger partial charge in [0.1, 0.15) is 0 Å². The second-order valence-corrected chi connectivity index (χ2v) is 25.6. The van der Waals surface area contributed by atoms with Gasteiger partial charge in [-0.15, -0.1) is 0 Å². The lowest BCUT2D eigenvalue weighted by Gasteiger charge is -2.22. The molecule has 80 heavy (non-hydrogen) atoms. The van der Waals surface area contributed by atoms with E-state index in [0.717, 1.165) is 38.5 Å². The Labute approximate surface area is 501 Å². The van der Waals surface area contributed by atoms with Gasteiger partial charge in [0.25, 0.3) is 0 Å². The van der Waals surface area contributed by atoms with Gasteiger partial charge >= 0.3 is 5.97 Å². The molecule has 0 aliphatic rings. The van der Waals surface area contributed by atoms with Crippen LogP contribution in [0.15, 0.2) is 12.2 Å². The maximum absolute atomic E-state index is 12.5. The van der Waals surface area contributed by atoms with Gasteiger partial charge in [-0.3, -0.25) is 9.59 Å².